The van der Waals surface area contributed by atoms with Crippen molar-refractivity contribution in [3.05, 3.63) is 0 Å². The van der Waals surface area contributed by atoms with Gasteiger partial charge in [0.1, 0.15) is 0 Å². The van der Waals surface area contributed by atoms with Crippen LogP contribution in [0.5, 0.6) is 0 Å². The molecule has 0 rings (SSSR count). The summed E-state index contributed by atoms with van der Waals surface area (Å²) in [4.78, 5) is 0. The lowest BCUT2D eigenvalue weighted by molar-refractivity contribution is -0.756. The van der Waals surface area contributed by atoms with Gasteiger partial charge in [0.2, 0.25) is 0 Å². The SMILES string of the molecule is C[N+](C)(C)[SiH2]N. The Morgan fingerprint density at radius 3 is 1.50 bits per heavy atom. The van der Waals surface area contributed by atoms with Crippen LogP contribution in [0.2, 0.25) is 0 Å². The minimum Gasteiger partial charge on any atom is -0.383 e. The van der Waals surface area contributed by atoms with Crippen LogP contribution in [-0.2, 0) is 0 Å². The number of hydrogen-bond donors (Lipinski definition) is 1. The molecule has 0 amide bonds. The van der Waals surface area contributed by atoms with Crippen molar-refractivity contribution in [2.75, 3.05) is 21.1 Å². The Bertz CT molecular complexity index is 38.5. The fraction of sp³-hybridized carbons (Fsp3) is 1.00. The standard InChI is InChI=1S/C3H13N2Si/c1-5(2,3)6-4/h4,6H2,1-3H3/q+1. The van der Waals surface area contributed by atoms with E-state index in [0.29, 0.717) is 0 Å². The van der Waals surface area contributed by atoms with E-state index in [9.17, 15) is 0 Å². The van der Waals surface area contributed by atoms with Crippen LogP contribution in [0.3, 0.4) is 0 Å². The zero-order valence-corrected chi connectivity index (χ0v) is 6.15. The van der Waals surface area contributed by atoms with Crippen LogP contribution >= 0.6 is 0 Å². The summed E-state index contributed by atoms with van der Waals surface area (Å²) < 4.78 is 0.986. The second-order valence-electron chi connectivity index (χ2n) is 2.47. The molecule has 0 unspecified atom stereocenters. The maximum atomic E-state index is 5.42. The van der Waals surface area contributed by atoms with Gasteiger partial charge in [-0.3, -0.25) is 0 Å². The first-order valence-corrected chi connectivity index (χ1v) is 3.52. The van der Waals surface area contributed by atoms with E-state index in [4.69, 9.17) is 5.40 Å². The summed E-state index contributed by atoms with van der Waals surface area (Å²) in [5, 5.41) is 5.42. The number of rotatable bonds is 1. The first kappa shape index (κ1) is 6.14. The molecule has 0 saturated heterocycles. The third-order valence-corrected chi connectivity index (χ3v) is 1.64. The zero-order valence-electron chi connectivity index (χ0n) is 4.73. The van der Waals surface area contributed by atoms with Crippen molar-refractivity contribution in [2.45, 2.75) is 0 Å². The Labute approximate surface area is 41.5 Å². The van der Waals surface area contributed by atoms with Gasteiger partial charge in [-0.25, -0.2) is 0 Å². The second-order valence-corrected chi connectivity index (χ2v) is 4.74. The van der Waals surface area contributed by atoms with Crippen LogP contribution in [0.15, 0.2) is 0 Å². The molecule has 6 heavy (non-hydrogen) atoms. The molecule has 0 heterocycles. The monoisotopic (exact) mass is 105 g/mol. The fourth-order valence-corrected chi connectivity index (χ4v) is 0. The maximum Gasteiger partial charge on any atom is 0.332 e. The minimum absolute atomic E-state index is 0.310. The molecule has 38 valence electrons. The van der Waals surface area contributed by atoms with E-state index in [0.717, 1.165) is 4.15 Å². The molecular formula is C3H13N2Si+. The highest BCUT2D eigenvalue weighted by molar-refractivity contribution is 6.21. The van der Waals surface area contributed by atoms with Crippen molar-refractivity contribution in [2.24, 2.45) is 5.40 Å². The number of nitrogens with zero attached hydrogens (tertiary/aromatic N) is 1. The Balaban J connectivity index is 3.17. The Morgan fingerprint density at radius 2 is 1.50 bits per heavy atom. The largest absolute Gasteiger partial charge is 0.383 e. The summed E-state index contributed by atoms with van der Waals surface area (Å²) in [6, 6.07) is 0. The summed E-state index contributed by atoms with van der Waals surface area (Å²) in [5.74, 6) is 0. The van der Waals surface area contributed by atoms with Gasteiger partial charge in [-0.2, -0.15) is 0 Å². The van der Waals surface area contributed by atoms with Crippen molar-refractivity contribution in [1.82, 2.24) is 0 Å². The van der Waals surface area contributed by atoms with E-state index < -0.39 is 0 Å². The smallest absolute Gasteiger partial charge is 0.332 e. The first-order valence-electron chi connectivity index (χ1n) is 2.07. The Kier molecular flexibility index (Phi) is 1.77. The third-order valence-electron chi connectivity index (χ3n) is 0.548. The van der Waals surface area contributed by atoms with Crippen LogP contribution in [-0.4, -0.2) is 35.1 Å². The molecule has 3 heteroatoms. The van der Waals surface area contributed by atoms with Crippen LogP contribution in [0.4, 0.5) is 0 Å². The number of nitrogens with two attached hydrogens (primary N) is 1. The normalized spacial score (nSPS) is 14.0. The van der Waals surface area contributed by atoms with Gasteiger partial charge in [-0.15, -0.1) is 0 Å². The highest BCUT2D eigenvalue weighted by Crippen LogP contribution is 1.76. The van der Waals surface area contributed by atoms with E-state index >= 15 is 0 Å². The van der Waals surface area contributed by atoms with E-state index in [1.54, 1.807) is 0 Å². The minimum atomic E-state index is -0.310. The molecular weight excluding hydrogens is 92.1 g/mol. The van der Waals surface area contributed by atoms with E-state index in [1.807, 2.05) is 0 Å². The molecule has 2 N–H and O–H groups in total. The summed E-state index contributed by atoms with van der Waals surface area (Å²) in [5.41, 5.74) is 0. The Hall–Kier alpha value is 0.137. The van der Waals surface area contributed by atoms with Gasteiger partial charge in [-0.05, 0) is 0 Å². The van der Waals surface area contributed by atoms with Crippen LogP contribution in [0, 0.1) is 0 Å². The average Bonchev–Trinajstić information content (AvgIpc) is 1.35. The molecule has 0 saturated carbocycles. The third kappa shape index (κ3) is 4.14. The Morgan fingerprint density at radius 1 is 1.33 bits per heavy atom. The lowest BCUT2D eigenvalue weighted by Crippen LogP contribution is -2.43. The first-order chi connectivity index (χ1) is 2.56. The predicted molar refractivity (Wildman–Crippen MR) is 30.8 cm³/mol. The topological polar surface area (TPSA) is 26.0 Å². The lowest BCUT2D eigenvalue weighted by Gasteiger charge is -2.21. The van der Waals surface area contributed by atoms with E-state index in [-0.39, 0.29) is 9.84 Å². The maximum absolute atomic E-state index is 5.42. The second kappa shape index (κ2) is 1.73. The number of quaternary nitrogens is 1. The molecule has 0 bridgehead atoms. The van der Waals surface area contributed by atoms with Crippen molar-refractivity contribution in [3.63, 3.8) is 0 Å². The zero-order chi connectivity index (χ0) is 5.21. The quantitative estimate of drug-likeness (QED) is 0.410. The predicted octanol–water partition coefficient (Wildman–Crippen LogP) is -1.35. The number of hydrogen-bond acceptors (Lipinski definition) is 1. The summed E-state index contributed by atoms with van der Waals surface area (Å²) in [6.07, 6.45) is 0. The molecule has 0 spiro atoms. The van der Waals surface area contributed by atoms with Gasteiger partial charge < -0.3 is 9.55 Å². The van der Waals surface area contributed by atoms with Crippen molar-refractivity contribution >= 4 is 9.84 Å². The van der Waals surface area contributed by atoms with E-state index in [1.165, 1.54) is 0 Å². The molecule has 0 aliphatic rings. The van der Waals surface area contributed by atoms with E-state index in [2.05, 4.69) is 21.1 Å². The summed E-state index contributed by atoms with van der Waals surface area (Å²) in [6.45, 7) is 0. The van der Waals surface area contributed by atoms with Gasteiger partial charge in [0.05, 0.1) is 21.1 Å². The van der Waals surface area contributed by atoms with Gasteiger partial charge in [-0.1, -0.05) is 0 Å². The van der Waals surface area contributed by atoms with Crippen molar-refractivity contribution in [1.29, 1.82) is 0 Å². The lowest BCUT2D eigenvalue weighted by atomic mass is 11.0. The van der Waals surface area contributed by atoms with Gasteiger partial charge in [0.15, 0.2) is 0 Å². The van der Waals surface area contributed by atoms with Gasteiger partial charge in [0, 0.05) is 0 Å². The van der Waals surface area contributed by atoms with Gasteiger partial charge >= 0.3 is 9.84 Å². The highest BCUT2D eigenvalue weighted by atomic mass is 28.2. The summed E-state index contributed by atoms with van der Waals surface area (Å²) >= 11 is 0. The molecule has 0 aliphatic heterocycles. The average molecular weight is 105 g/mol. The molecule has 0 atom stereocenters. The van der Waals surface area contributed by atoms with Crippen LogP contribution in [0.1, 0.15) is 0 Å². The fourth-order valence-electron chi connectivity index (χ4n) is 0. The molecule has 0 radical (unpaired) electrons. The van der Waals surface area contributed by atoms with Crippen molar-refractivity contribution in [3.8, 4) is 0 Å². The molecule has 0 aliphatic carbocycles. The van der Waals surface area contributed by atoms with Crippen LogP contribution in [0.25, 0.3) is 0 Å². The van der Waals surface area contributed by atoms with Crippen LogP contribution < -0.4 is 5.40 Å². The molecule has 0 aromatic rings. The summed E-state index contributed by atoms with van der Waals surface area (Å²) in [7, 11) is 6.04. The molecule has 0 aromatic carbocycles. The van der Waals surface area contributed by atoms with Gasteiger partial charge in [0.25, 0.3) is 0 Å². The highest BCUT2D eigenvalue weighted by Gasteiger charge is 1.99. The molecule has 0 aromatic heterocycles. The molecule has 0 fully saturated rings. The molecule has 2 nitrogen and oxygen atoms in total. The van der Waals surface area contributed by atoms with Crippen molar-refractivity contribution < 1.29 is 4.15 Å².